The Kier molecular flexibility index (Phi) is 7.50. The van der Waals surface area contributed by atoms with Crippen LogP contribution in [0.1, 0.15) is 25.3 Å². The van der Waals surface area contributed by atoms with Gasteiger partial charge >= 0.3 is 12.0 Å². The zero-order valence-corrected chi connectivity index (χ0v) is 17.8. The van der Waals surface area contributed by atoms with Crippen molar-refractivity contribution in [3.63, 3.8) is 0 Å². The predicted molar refractivity (Wildman–Crippen MR) is 116 cm³/mol. The van der Waals surface area contributed by atoms with Gasteiger partial charge in [-0.25, -0.2) is 4.79 Å². The fourth-order valence-electron chi connectivity index (χ4n) is 3.81. The fraction of sp³-hybridized carbons (Fsp3) is 0.375. The Balaban J connectivity index is 1.62. The molecule has 31 heavy (non-hydrogen) atoms. The highest BCUT2D eigenvalue weighted by Crippen LogP contribution is 2.28. The number of nitrogens with zero attached hydrogens (tertiary/aromatic N) is 2. The van der Waals surface area contributed by atoms with E-state index in [9.17, 15) is 9.59 Å². The van der Waals surface area contributed by atoms with E-state index in [0.717, 1.165) is 11.1 Å². The van der Waals surface area contributed by atoms with Gasteiger partial charge in [-0.05, 0) is 54.7 Å². The average molecular weight is 421 g/mol. The lowest BCUT2D eigenvalue weighted by Gasteiger charge is -2.24. The summed E-state index contributed by atoms with van der Waals surface area (Å²) in [5, 5.41) is 11.8. The van der Waals surface area contributed by atoms with E-state index in [1.165, 1.54) is 7.11 Å². The predicted octanol–water partition coefficient (Wildman–Crippen LogP) is 3.59. The standard InChI is InChI=1S/C24H27N3O4/c1-3-26-24(29)27-15-18(13-23(28)30-2)12-21(27)16-31-22-10-8-20(9-11-22)19-6-4-17(14-25)5-7-19/h4-11,18,21H,3,12-13,15-16H2,1-2H3,(H,26,29)/t18-,21-/m0/s1. The Labute approximate surface area is 182 Å². The van der Waals surface area contributed by atoms with Crippen molar-refractivity contribution in [2.75, 3.05) is 26.8 Å². The molecule has 0 radical (unpaired) electrons. The molecule has 0 unspecified atom stereocenters. The molecule has 2 aromatic rings. The zero-order chi connectivity index (χ0) is 22.2. The van der Waals surface area contributed by atoms with Crippen LogP contribution < -0.4 is 10.1 Å². The zero-order valence-electron chi connectivity index (χ0n) is 17.8. The SMILES string of the molecule is CCNC(=O)N1C[C@H](CC(=O)OC)C[C@H]1COc1ccc(-c2ccc(C#N)cc2)cc1. The second kappa shape index (κ2) is 10.5. The Morgan fingerprint density at radius 1 is 1.13 bits per heavy atom. The normalized spacial score (nSPS) is 17.6. The van der Waals surface area contributed by atoms with Crippen LogP contribution in [-0.4, -0.2) is 49.7 Å². The number of nitriles is 1. The van der Waals surface area contributed by atoms with Crippen LogP contribution in [0.3, 0.4) is 0 Å². The molecule has 1 N–H and O–H groups in total. The molecule has 0 aliphatic carbocycles. The summed E-state index contributed by atoms with van der Waals surface area (Å²) in [6.07, 6.45) is 0.984. The number of likely N-dealkylation sites (tertiary alicyclic amines) is 1. The van der Waals surface area contributed by atoms with E-state index in [4.69, 9.17) is 14.7 Å². The Hall–Kier alpha value is -3.53. The summed E-state index contributed by atoms with van der Waals surface area (Å²) in [4.78, 5) is 25.8. The lowest BCUT2D eigenvalue weighted by atomic mass is 10.0. The molecular formula is C24H27N3O4. The van der Waals surface area contributed by atoms with Gasteiger partial charge in [0.2, 0.25) is 0 Å². The number of carbonyl (C=O) groups is 2. The van der Waals surface area contributed by atoms with Crippen LogP contribution in [0.4, 0.5) is 4.79 Å². The second-order valence-corrected chi connectivity index (χ2v) is 7.55. The highest BCUT2D eigenvalue weighted by Gasteiger charge is 2.36. The van der Waals surface area contributed by atoms with E-state index in [0.29, 0.717) is 43.9 Å². The molecule has 7 nitrogen and oxygen atoms in total. The van der Waals surface area contributed by atoms with Crippen LogP contribution in [0.15, 0.2) is 48.5 Å². The summed E-state index contributed by atoms with van der Waals surface area (Å²) in [6, 6.07) is 17.0. The summed E-state index contributed by atoms with van der Waals surface area (Å²) in [5.41, 5.74) is 2.68. The van der Waals surface area contributed by atoms with Crippen molar-refractivity contribution in [2.45, 2.75) is 25.8 Å². The van der Waals surface area contributed by atoms with Gasteiger partial charge in [0.15, 0.2) is 0 Å². The highest BCUT2D eigenvalue weighted by atomic mass is 16.5. The minimum absolute atomic E-state index is 0.0578. The monoisotopic (exact) mass is 421 g/mol. The molecule has 0 saturated carbocycles. The molecule has 162 valence electrons. The molecule has 2 atom stereocenters. The third-order valence-corrected chi connectivity index (χ3v) is 5.42. The van der Waals surface area contributed by atoms with E-state index in [1.54, 1.807) is 17.0 Å². The third-order valence-electron chi connectivity index (χ3n) is 5.42. The topological polar surface area (TPSA) is 91.7 Å². The van der Waals surface area contributed by atoms with Crippen molar-refractivity contribution in [1.82, 2.24) is 10.2 Å². The van der Waals surface area contributed by atoms with E-state index in [2.05, 4.69) is 11.4 Å². The first-order valence-corrected chi connectivity index (χ1v) is 10.4. The minimum Gasteiger partial charge on any atom is -0.491 e. The fourth-order valence-corrected chi connectivity index (χ4v) is 3.81. The maximum Gasteiger partial charge on any atom is 0.317 e. The van der Waals surface area contributed by atoms with Gasteiger partial charge in [0, 0.05) is 13.1 Å². The summed E-state index contributed by atoms with van der Waals surface area (Å²) >= 11 is 0. The van der Waals surface area contributed by atoms with Crippen LogP contribution in [0.5, 0.6) is 5.75 Å². The van der Waals surface area contributed by atoms with Crippen LogP contribution in [0.25, 0.3) is 11.1 Å². The molecule has 1 saturated heterocycles. The lowest BCUT2D eigenvalue weighted by Crippen LogP contribution is -2.45. The number of benzene rings is 2. The molecule has 0 bridgehead atoms. The van der Waals surface area contributed by atoms with Crippen molar-refractivity contribution < 1.29 is 19.1 Å². The minimum atomic E-state index is -0.263. The second-order valence-electron chi connectivity index (χ2n) is 7.55. The van der Waals surface area contributed by atoms with Crippen molar-refractivity contribution in [2.24, 2.45) is 5.92 Å². The van der Waals surface area contributed by atoms with Crippen LogP contribution >= 0.6 is 0 Å². The number of rotatable bonds is 7. The number of ether oxygens (including phenoxy) is 2. The van der Waals surface area contributed by atoms with E-state index in [-0.39, 0.29) is 24.0 Å². The lowest BCUT2D eigenvalue weighted by molar-refractivity contribution is -0.141. The van der Waals surface area contributed by atoms with Gasteiger partial charge in [-0.3, -0.25) is 4.79 Å². The summed E-state index contributed by atoms with van der Waals surface area (Å²) < 4.78 is 10.7. The molecule has 2 aromatic carbocycles. The van der Waals surface area contributed by atoms with Crippen molar-refractivity contribution >= 4 is 12.0 Å². The molecule has 2 amide bonds. The van der Waals surface area contributed by atoms with Crippen LogP contribution in [0, 0.1) is 17.2 Å². The molecule has 1 aliphatic rings. The summed E-state index contributed by atoms with van der Waals surface area (Å²) in [6.45, 7) is 3.28. The number of methoxy groups -OCH3 is 1. The van der Waals surface area contributed by atoms with Crippen molar-refractivity contribution in [3.05, 3.63) is 54.1 Å². The highest BCUT2D eigenvalue weighted by molar-refractivity contribution is 5.75. The van der Waals surface area contributed by atoms with E-state index >= 15 is 0 Å². The molecule has 0 aromatic heterocycles. The number of carbonyl (C=O) groups excluding carboxylic acids is 2. The first kappa shape index (κ1) is 22.2. The number of amides is 2. The van der Waals surface area contributed by atoms with Crippen LogP contribution in [-0.2, 0) is 9.53 Å². The first-order chi connectivity index (χ1) is 15.0. The quantitative estimate of drug-likeness (QED) is 0.690. The number of hydrogen-bond acceptors (Lipinski definition) is 5. The van der Waals surface area contributed by atoms with Crippen molar-refractivity contribution in [1.29, 1.82) is 5.26 Å². The first-order valence-electron chi connectivity index (χ1n) is 10.4. The van der Waals surface area contributed by atoms with E-state index in [1.807, 2.05) is 43.3 Å². The van der Waals surface area contributed by atoms with E-state index < -0.39 is 0 Å². The summed E-state index contributed by atoms with van der Waals surface area (Å²) in [7, 11) is 1.38. The molecular weight excluding hydrogens is 394 g/mol. The van der Waals surface area contributed by atoms with Gasteiger partial charge < -0.3 is 19.7 Å². The van der Waals surface area contributed by atoms with Gasteiger partial charge in [0.25, 0.3) is 0 Å². The number of urea groups is 1. The number of nitrogens with one attached hydrogen (secondary N) is 1. The van der Waals surface area contributed by atoms with Gasteiger partial charge in [-0.15, -0.1) is 0 Å². The van der Waals surface area contributed by atoms with Gasteiger partial charge in [-0.1, -0.05) is 24.3 Å². The van der Waals surface area contributed by atoms with Gasteiger partial charge in [-0.2, -0.15) is 5.26 Å². The Morgan fingerprint density at radius 3 is 2.35 bits per heavy atom. The maximum absolute atomic E-state index is 12.4. The van der Waals surface area contributed by atoms with Gasteiger partial charge in [0.1, 0.15) is 12.4 Å². The molecule has 1 aliphatic heterocycles. The van der Waals surface area contributed by atoms with Gasteiger partial charge in [0.05, 0.1) is 31.2 Å². The third kappa shape index (κ3) is 5.76. The molecule has 1 heterocycles. The Morgan fingerprint density at radius 2 is 1.77 bits per heavy atom. The Bertz CT molecular complexity index is 935. The molecule has 1 fully saturated rings. The average Bonchev–Trinajstić information content (AvgIpc) is 3.20. The number of hydrogen-bond donors (Lipinski definition) is 1. The molecule has 7 heteroatoms. The molecule has 0 spiro atoms. The smallest absolute Gasteiger partial charge is 0.317 e. The number of esters is 1. The largest absolute Gasteiger partial charge is 0.491 e. The van der Waals surface area contributed by atoms with Crippen LogP contribution in [0.2, 0.25) is 0 Å². The molecule has 3 rings (SSSR count). The maximum atomic E-state index is 12.4. The van der Waals surface area contributed by atoms with Crippen molar-refractivity contribution in [3.8, 4) is 22.9 Å². The summed E-state index contributed by atoms with van der Waals surface area (Å²) in [5.74, 6) is 0.507.